The third-order valence-electron chi connectivity index (χ3n) is 18.5. The minimum absolute atomic E-state index is 0.0219. The van der Waals surface area contributed by atoms with Gasteiger partial charge < -0.3 is 14.2 Å². The average Bonchev–Trinajstić information content (AvgIpc) is 4.09. The van der Waals surface area contributed by atoms with Crippen molar-refractivity contribution in [1.29, 1.82) is 0 Å². The molecule has 12 unspecified atom stereocenters. The van der Waals surface area contributed by atoms with E-state index in [1.165, 1.54) is 200 Å². The van der Waals surface area contributed by atoms with E-state index in [-0.39, 0.29) is 24.0 Å². The first kappa shape index (κ1) is 62.9. The summed E-state index contributed by atoms with van der Waals surface area (Å²) in [6, 6.07) is 0. The maximum Gasteiger partial charge on any atom is 0.306 e. The molecule has 12 atom stereocenters. The zero-order valence-electron chi connectivity index (χ0n) is 48.9. The van der Waals surface area contributed by atoms with E-state index in [0.717, 1.165) is 90.3 Å². The van der Waals surface area contributed by atoms with E-state index in [1.807, 2.05) is 20.8 Å². The minimum atomic E-state index is -0.0566. The Morgan fingerprint density at radius 3 is 0.889 bits per heavy atom. The van der Waals surface area contributed by atoms with Crippen molar-refractivity contribution in [3.63, 3.8) is 0 Å². The van der Waals surface area contributed by atoms with Crippen molar-refractivity contribution in [2.24, 2.45) is 71.0 Å². The molecule has 0 saturated heterocycles. The Hall–Kier alpha value is -1.59. The van der Waals surface area contributed by atoms with Crippen LogP contribution in [0.4, 0.5) is 0 Å². The maximum absolute atomic E-state index is 11.4. The highest BCUT2D eigenvalue weighted by atomic mass is 16.5. The zero-order valence-corrected chi connectivity index (χ0v) is 48.9. The Kier molecular flexibility index (Phi) is 33.3. The molecule has 0 aromatic heterocycles. The summed E-state index contributed by atoms with van der Waals surface area (Å²) >= 11 is 0. The van der Waals surface area contributed by atoms with Gasteiger partial charge >= 0.3 is 17.9 Å². The summed E-state index contributed by atoms with van der Waals surface area (Å²) in [5.41, 5.74) is 0. The highest BCUT2D eigenvalue weighted by molar-refractivity contribution is 5.69. The molecule has 6 aliphatic rings. The molecule has 0 bridgehead atoms. The average molecular weight is 1010 g/mol. The first-order chi connectivity index (χ1) is 35.1. The molecular weight excluding hydrogens is 889 g/mol. The Bertz CT molecular complexity index is 1390. The summed E-state index contributed by atoms with van der Waals surface area (Å²) in [4.78, 5) is 33.7. The third-order valence-corrected chi connectivity index (χ3v) is 18.5. The van der Waals surface area contributed by atoms with E-state index in [0.29, 0.717) is 25.9 Å². The number of unbranched alkanes of at least 4 members (excludes halogenated alkanes) is 18. The highest BCUT2D eigenvalue weighted by Gasteiger charge is 2.46. The van der Waals surface area contributed by atoms with Crippen LogP contribution in [0.1, 0.15) is 311 Å². The summed E-state index contributed by atoms with van der Waals surface area (Å²) in [5, 5.41) is 0. The minimum Gasteiger partial charge on any atom is -0.469 e. The molecule has 72 heavy (non-hydrogen) atoms. The number of carbonyl (C=O) groups is 3. The van der Waals surface area contributed by atoms with E-state index in [1.54, 1.807) is 38.5 Å². The van der Waals surface area contributed by atoms with E-state index in [2.05, 4.69) is 25.5 Å². The molecule has 0 radical (unpaired) electrons. The lowest BCUT2D eigenvalue weighted by Gasteiger charge is -2.07. The second-order valence-electron chi connectivity index (χ2n) is 25.6. The highest BCUT2D eigenvalue weighted by Crippen LogP contribution is 2.57. The van der Waals surface area contributed by atoms with Gasteiger partial charge in [-0.1, -0.05) is 194 Å². The lowest BCUT2D eigenvalue weighted by molar-refractivity contribution is -0.147. The molecule has 6 rings (SSSR count). The van der Waals surface area contributed by atoms with E-state index in [4.69, 9.17) is 9.47 Å². The van der Waals surface area contributed by atoms with Crippen molar-refractivity contribution in [3.05, 3.63) is 0 Å². The van der Waals surface area contributed by atoms with Gasteiger partial charge in [0.15, 0.2) is 0 Å². The van der Waals surface area contributed by atoms with Crippen LogP contribution in [-0.4, -0.2) is 37.7 Å². The molecule has 0 heterocycles. The predicted octanol–water partition coefficient (Wildman–Crippen LogP) is 19.6. The fraction of sp³-hybridized carbons (Fsp3) is 0.955. The first-order valence-corrected chi connectivity index (χ1v) is 32.5. The summed E-state index contributed by atoms with van der Waals surface area (Å²) in [6.45, 7) is 13.1. The number of carbonyl (C=O) groups excluding carboxylic acids is 3. The quantitative estimate of drug-likeness (QED) is 0.0344. The standard InChI is InChI=1S/C23H42O2.C22H40O2.C21H38O2/c1-4-5-9-12-19-15-21(19)17-22-16-20(22)13-10-7-6-8-11-14-23(24)25-18(2)3;1-3-5-9-12-18-15-20(18)17-21-16-19(21)13-10-7-6-8-11-14-22(23)24-4-2;1-3-4-8-11-17-14-19(17)16-20-15-18(20)12-9-6-5-7-10-13-21(22)23-2/h18-22H,4-17H2,1-3H3;18-21H,3-17H2,1-2H3;17-20H,3-16H2,1-2H3. The predicted molar refractivity (Wildman–Crippen MR) is 303 cm³/mol. The van der Waals surface area contributed by atoms with Crippen molar-refractivity contribution in [2.45, 2.75) is 317 Å². The number of methoxy groups -OCH3 is 1. The van der Waals surface area contributed by atoms with Gasteiger partial charge in [0.2, 0.25) is 0 Å². The van der Waals surface area contributed by atoms with Crippen molar-refractivity contribution in [1.82, 2.24) is 0 Å². The lowest BCUT2D eigenvalue weighted by atomic mass is 10.0. The summed E-state index contributed by atoms with van der Waals surface area (Å²) in [6.07, 6.45) is 56.2. The van der Waals surface area contributed by atoms with Gasteiger partial charge in [-0.2, -0.15) is 0 Å². The van der Waals surface area contributed by atoms with Crippen LogP contribution in [0.3, 0.4) is 0 Å². The monoisotopic (exact) mass is 1010 g/mol. The molecule has 6 aliphatic carbocycles. The third kappa shape index (κ3) is 30.8. The van der Waals surface area contributed by atoms with Gasteiger partial charge in [0.1, 0.15) is 0 Å². The van der Waals surface area contributed by atoms with Crippen LogP contribution in [0.15, 0.2) is 0 Å². The van der Waals surface area contributed by atoms with E-state index >= 15 is 0 Å². The van der Waals surface area contributed by atoms with Crippen molar-refractivity contribution >= 4 is 17.9 Å². The van der Waals surface area contributed by atoms with Crippen LogP contribution >= 0.6 is 0 Å². The summed E-state index contributed by atoms with van der Waals surface area (Å²) < 4.78 is 14.8. The molecule has 420 valence electrons. The second kappa shape index (κ2) is 38.0. The fourth-order valence-corrected chi connectivity index (χ4v) is 13.1. The number of ether oxygens (including phenoxy) is 3. The second-order valence-corrected chi connectivity index (χ2v) is 25.6. The van der Waals surface area contributed by atoms with Crippen LogP contribution in [-0.2, 0) is 28.6 Å². The largest absolute Gasteiger partial charge is 0.469 e. The molecule has 6 nitrogen and oxygen atoms in total. The molecule has 0 aromatic carbocycles. The molecule has 6 saturated carbocycles. The SMILES string of the molecule is CCCCCC1CC1CC1CC1CCCCCCCC(=O)OC.CCCCCC1CC1CC1CC1CCCCCCCC(=O)OC(C)C.CCCCCC1CC1CC1CC1CCCCCCCC(=O)OCC. The lowest BCUT2D eigenvalue weighted by Crippen LogP contribution is -2.10. The molecule has 0 N–H and O–H groups in total. The van der Waals surface area contributed by atoms with E-state index in [9.17, 15) is 14.4 Å². The molecule has 0 aromatic rings. The first-order valence-electron chi connectivity index (χ1n) is 32.5. The van der Waals surface area contributed by atoms with Crippen LogP contribution < -0.4 is 0 Å². The van der Waals surface area contributed by atoms with Crippen LogP contribution in [0.5, 0.6) is 0 Å². The topological polar surface area (TPSA) is 78.9 Å². The maximum atomic E-state index is 11.4. The Morgan fingerprint density at radius 1 is 0.347 bits per heavy atom. The molecule has 0 aliphatic heterocycles. The number of hydrogen-bond acceptors (Lipinski definition) is 6. The van der Waals surface area contributed by atoms with Crippen LogP contribution in [0.2, 0.25) is 0 Å². The number of rotatable bonds is 44. The Labute approximate surface area is 446 Å². The van der Waals surface area contributed by atoms with Gasteiger partial charge in [-0.25, -0.2) is 0 Å². The summed E-state index contributed by atoms with van der Waals surface area (Å²) in [5.74, 6) is 13.0. The van der Waals surface area contributed by atoms with Gasteiger partial charge in [0.05, 0.1) is 19.8 Å². The molecule has 0 amide bonds. The van der Waals surface area contributed by atoms with Gasteiger partial charge in [-0.15, -0.1) is 0 Å². The van der Waals surface area contributed by atoms with Crippen molar-refractivity contribution in [3.8, 4) is 0 Å². The number of esters is 3. The smallest absolute Gasteiger partial charge is 0.306 e. The van der Waals surface area contributed by atoms with Gasteiger partial charge in [0.25, 0.3) is 0 Å². The fourth-order valence-electron chi connectivity index (χ4n) is 13.1. The van der Waals surface area contributed by atoms with Crippen LogP contribution in [0, 0.1) is 71.0 Å². The Balaban J connectivity index is 0.000000235. The van der Waals surface area contributed by atoms with Gasteiger partial charge in [-0.3, -0.25) is 14.4 Å². The van der Waals surface area contributed by atoms with Crippen LogP contribution in [0.25, 0.3) is 0 Å². The molecule has 0 spiro atoms. The normalized spacial score (nSPS) is 28.0. The molecule has 6 heteroatoms. The number of hydrogen-bond donors (Lipinski definition) is 0. The van der Waals surface area contributed by atoms with Gasteiger partial charge in [0, 0.05) is 19.3 Å². The van der Waals surface area contributed by atoms with E-state index < -0.39 is 0 Å². The van der Waals surface area contributed by atoms with Crippen molar-refractivity contribution < 1.29 is 28.6 Å². The molecule has 6 fully saturated rings. The van der Waals surface area contributed by atoms with Crippen molar-refractivity contribution in [2.75, 3.05) is 13.7 Å². The Morgan fingerprint density at radius 2 is 0.611 bits per heavy atom. The molecular formula is C66H120O6. The van der Waals surface area contributed by atoms with Gasteiger partial charge in [-0.05, 0) is 169 Å². The zero-order chi connectivity index (χ0) is 51.8. The summed E-state index contributed by atoms with van der Waals surface area (Å²) in [7, 11) is 1.48.